The topological polar surface area (TPSA) is 92.8 Å². The van der Waals surface area contributed by atoms with E-state index in [4.69, 9.17) is 4.11 Å². The molecule has 0 atom stereocenters. The Kier molecular flexibility index (Phi) is 4.45. The van der Waals surface area contributed by atoms with Crippen molar-refractivity contribution in [2.24, 2.45) is 0 Å². The second-order valence-corrected chi connectivity index (χ2v) is 6.90. The molecule has 2 aromatic heterocycles. The average Bonchev–Trinajstić information content (AvgIpc) is 3.46. The molecule has 0 aliphatic rings. The van der Waals surface area contributed by atoms with Gasteiger partial charge in [-0.3, -0.25) is 4.79 Å². The van der Waals surface area contributed by atoms with Gasteiger partial charge in [-0.1, -0.05) is 12.1 Å². The van der Waals surface area contributed by atoms with E-state index in [9.17, 15) is 22.4 Å². The summed E-state index contributed by atoms with van der Waals surface area (Å²) >= 11 is 1.03. The van der Waals surface area contributed by atoms with Gasteiger partial charge in [0.2, 0.25) is 5.82 Å². The number of aromatic nitrogens is 4. The third-order valence-electron chi connectivity index (χ3n) is 4.20. The number of aromatic amines is 1. The number of thiophene rings is 1. The zero-order valence-corrected chi connectivity index (χ0v) is 15.9. The number of hydrogen-bond acceptors (Lipinski definition) is 6. The Morgan fingerprint density at radius 2 is 1.94 bits per heavy atom. The summed E-state index contributed by atoms with van der Waals surface area (Å²) in [5.41, 5.74) is -2.94. The van der Waals surface area contributed by atoms with Crippen LogP contribution in [0.5, 0.6) is 5.75 Å². The number of halogens is 4. The van der Waals surface area contributed by atoms with Crippen LogP contribution in [0, 0.1) is 23.3 Å². The number of methoxy groups -OCH3 is 1. The summed E-state index contributed by atoms with van der Waals surface area (Å²) in [6.45, 7) is 0. The molecule has 0 saturated heterocycles. The average molecular weight is 452 g/mol. The minimum atomic E-state index is -2.86. The highest BCUT2D eigenvalue weighted by atomic mass is 32.1. The number of anilines is 1. The third-order valence-corrected chi connectivity index (χ3v) is 5.11. The highest BCUT2D eigenvalue weighted by Gasteiger charge is 2.28. The molecule has 31 heavy (non-hydrogen) atoms. The maximum absolute atomic E-state index is 14.8. The highest BCUT2D eigenvalue weighted by molar-refractivity contribution is 7.14. The molecule has 0 aliphatic carbocycles. The van der Waals surface area contributed by atoms with E-state index in [2.05, 4.69) is 25.4 Å². The number of nitrogens with zero attached hydrogens (tertiary/aromatic N) is 3. The van der Waals surface area contributed by atoms with Crippen LogP contribution in [0.3, 0.4) is 0 Å². The van der Waals surface area contributed by atoms with Crippen LogP contribution in [0.1, 0.15) is 14.5 Å². The van der Waals surface area contributed by atoms with Crippen LogP contribution in [0.25, 0.3) is 21.8 Å². The monoisotopic (exact) mass is 452 g/mol. The first-order chi connectivity index (χ1) is 16.1. The predicted molar refractivity (Wildman–Crippen MR) is 104 cm³/mol. The van der Waals surface area contributed by atoms with Gasteiger partial charge in [-0.15, -0.1) is 21.5 Å². The Morgan fingerprint density at radius 3 is 2.61 bits per heavy atom. The molecule has 12 heteroatoms. The molecule has 0 aliphatic heterocycles. The quantitative estimate of drug-likeness (QED) is 0.346. The molecule has 7 nitrogen and oxygen atoms in total. The van der Waals surface area contributed by atoms with Gasteiger partial charge in [0.05, 0.1) is 27.2 Å². The smallest absolute Gasteiger partial charge is 0.257 e. The molecule has 158 valence electrons. The number of rotatable bonds is 5. The number of carbonyl (C=O) groups is 1. The molecular formula is C19H11F4N5O2S. The Hall–Kier alpha value is -3.80. The zero-order chi connectivity index (χ0) is 24.6. The molecule has 0 unspecified atom stereocenters. The van der Waals surface area contributed by atoms with Crippen molar-refractivity contribution in [1.82, 2.24) is 20.6 Å². The normalized spacial score (nSPS) is 12.7. The van der Waals surface area contributed by atoms with Gasteiger partial charge in [0.15, 0.2) is 23.3 Å². The molecule has 0 saturated carbocycles. The minimum absolute atomic E-state index is 0.0351. The van der Waals surface area contributed by atoms with Crippen molar-refractivity contribution >= 4 is 22.9 Å². The first-order valence-corrected chi connectivity index (χ1v) is 9.23. The number of tetrazole rings is 1. The fourth-order valence-corrected chi connectivity index (χ4v) is 3.63. The highest BCUT2D eigenvalue weighted by Crippen LogP contribution is 2.36. The summed E-state index contributed by atoms with van der Waals surface area (Å²) in [7, 11) is -2.86. The molecule has 0 spiro atoms. The first-order valence-electron chi connectivity index (χ1n) is 9.85. The van der Waals surface area contributed by atoms with E-state index in [0.29, 0.717) is 0 Å². The van der Waals surface area contributed by atoms with Gasteiger partial charge in [-0.05, 0) is 34.4 Å². The van der Waals surface area contributed by atoms with Crippen molar-refractivity contribution in [3.8, 4) is 27.6 Å². The van der Waals surface area contributed by atoms with Crippen molar-refractivity contribution in [3.05, 3.63) is 64.5 Å². The molecule has 0 radical (unpaired) electrons. The molecular weight excluding hydrogens is 438 g/mol. The lowest BCUT2D eigenvalue weighted by atomic mass is 10.0. The molecule has 2 heterocycles. The van der Waals surface area contributed by atoms with E-state index in [-0.39, 0.29) is 27.6 Å². The molecule has 1 amide bonds. The van der Waals surface area contributed by atoms with Crippen molar-refractivity contribution < 1.29 is 31.2 Å². The number of nitrogens with one attached hydrogen (secondary N) is 2. The van der Waals surface area contributed by atoms with Crippen LogP contribution in [-0.4, -0.2) is 33.6 Å². The van der Waals surface area contributed by atoms with E-state index < -0.39 is 47.5 Å². The van der Waals surface area contributed by atoms with E-state index in [1.165, 1.54) is 23.6 Å². The summed E-state index contributed by atoms with van der Waals surface area (Å²) < 4.78 is 85.2. The Balaban J connectivity index is 1.71. The van der Waals surface area contributed by atoms with E-state index in [1.807, 2.05) is 5.32 Å². The van der Waals surface area contributed by atoms with Crippen molar-refractivity contribution in [2.45, 2.75) is 0 Å². The molecule has 4 rings (SSSR count). The largest absolute Gasteiger partial charge is 0.497 e. The third kappa shape index (κ3) is 3.61. The van der Waals surface area contributed by atoms with Gasteiger partial charge in [0.1, 0.15) is 11.4 Å². The predicted octanol–water partition coefficient (Wildman–Crippen LogP) is 4.41. The Morgan fingerprint density at radius 1 is 1.16 bits per heavy atom. The standard InChI is InChI=1S/C19H11F4N5O2S/c1-30-9-4-2-3-8(7-9)11-12(20)14(22)16(15(23)13(11)21)24-19(29)10-5-6-31-17(10)18-25-27-28-26-18/h2-7H,1H3,(H,24,29)(H,25,26,27,28)/i1D3. The van der Waals surface area contributed by atoms with Crippen LogP contribution in [0.15, 0.2) is 35.7 Å². The summed E-state index contributed by atoms with van der Waals surface area (Å²) in [6.07, 6.45) is 0. The summed E-state index contributed by atoms with van der Waals surface area (Å²) in [4.78, 5) is 12.8. The zero-order valence-electron chi connectivity index (χ0n) is 18.0. The second-order valence-electron chi connectivity index (χ2n) is 5.99. The maximum atomic E-state index is 14.8. The number of ether oxygens (including phenoxy) is 1. The van der Waals surface area contributed by atoms with Crippen LogP contribution in [-0.2, 0) is 0 Å². The Bertz CT molecular complexity index is 1350. The van der Waals surface area contributed by atoms with Gasteiger partial charge < -0.3 is 10.1 Å². The fraction of sp³-hybridized carbons (Fsp3) is 0.0526. The first kappa shape index (κ1) is 16.9. The summed E-state index contributed by atoms with van der Waals surface area (Å²) in [5.74, 6) is -8.67. The van der Waals surface area contributed by atoms with E-state index in [1.54, 1.807) is 0 Å². The van der Waals surface area contributed by atoms with Crippen molar-refractivity contribution in [1.29, 1.82) is 0 Å². The number of H-pyrrole nitrogens is 1. The Labute approximate surface area is 179 Å². The maximum Gasteiger partial charge on any atom is 0.257 e. The molecule has 2 N–H and O–H groups in total. The number of benzene rings is 2. The van der Waals surface area contributed by atoms with Crippen molar-refractivity contribution in [2.75, 3.05) is 12.4 Å². The SMILES string of the molecule is [2H]C([2H])([2H])Oc1cccc(-c2c(F)c(F)c(NC(=O)c3ccsc3-c3nn[nH]n3)c(F)c2F)c1. The van der Waals surface area contributed by atoms with Crippen molar-refractivity contribution in [3.63, 3.8) is 0 Å². The lowest BCUT2D eigenvalue weighted by Crippen LogP contribution is -2.16. The molecule has 0 fully saturated rings. The van der Waals surface area contributed by atoms with Gasteiger partial charge in [-0.25, -0.2) is 17.6 Å². The number of amides is 1. The fourth-order valence-electron chi connectivity index (χ4n) is 2.81. The minimum Gasteiger partial charge on any atom is -0.497 e. The molecule has 4 aromatic rings. The number of carbonyl (C=O) groups excluding carboxylic acids is 1. The van der Waals surface area contributed by atoms with Crippen LogP contribution >= 0.6 is 11.3 Å². The lowest BCUT2D eigenvalue weighted by molar-refractivity contribution is 0.102. The van der Waals surface area contributed by atoms with E-state index in [0.717, 1.165) is 23.5 Å². The van der Waals surface area contributed by atoms with Gasteiger partial charge in [0, 0.05) is 0 Å². The van der Waals surface area contributed by atoms with Crippen LogP contribution in [0.4, 0.5) is 23.2 Å². The number of hydrogen-bond donors (Lipinski definition) is 2. The van der Waals surface area contributed by atoms with Crippen LogP contribution in [0.2, 0.25) is 0 Å². The molecule has 2 aromatic carbocycles. The van der Waals surface area contributed by atoms with E-state index >= 15 is 0 Å². The lowest BCUT2D eigenvalue weighted by Gasteiger charge is -2.13. The molecule has 0 bridgehead atoms. The summed E-state index contributed by atoms with van der Waals surface area (Å²) in [6, 6.07) is 5.70. The second kappa shape index (κ2) is 8.14. The van der Waals surface area contributed by atoms with Gasteiger partial charge >= 0.3 is 0 Å². The van der Waals surface area contributed by atoms with Crippen LogP contribution < -0.4 is 10.1 Å². The van der Waals surface area contributed by atoms with Gasteiger partial charge in [-0.2, -0.15) is 5.21 Å². The summed E-state index contributed by atoms with van der Waals surface area (Å²) in [5, 5.41) is 16.3. The van der Waals surface area contributed by atoms with Gasteiger partial charge in [0.25, 0.3) is 5.91 Å².